The van der Waals surface area contributed by atoms with E-state index in [1.807, 2.05) is 41.0 Å². The SMILES string of the molecule is CC(C)OS(=O)(=O)CCn1c2ccccc2c2ccccc21. The smallest absolute Gasteiger partial charge is 0.269 e. The average molecular weight is 317 g/mol. The largest absolute Gasteiger partial charge is 0.339 e. The van der Waals surface area contributed by atoms with E-state index in [2.05, 4.69) is 12.1 Å². The van der Waals surface area contributed by atoms with Crippen molar-refractivity contribution in [2.24, 2.45) is 0 Å². The molecule has 0 atom stereocenters. The monoisotopic (exact) mass is 317 g/mol. The molecule has 2 aromatic carbocycles. The van der Waals surface area contributed by atoms with Crippen LogP contribution in [-0.2, 0) is 20.8 Å². The number of hydrogen-bond acceptors (Lipinski definition) is 3. The highest BCUT2D eigenvalue weighted by Crippen LogP contribution is 2.28. The topological polar surface area (TPSA) is 48.3 Å². The van der Waals surface area contributed by atoms with Gasteiger partial charge in [0.2, 0.25) is 0 Å². The lowest BCUT2D eigenvalue weighted by Crippen LogP contribution is -2.19. The van der Waals surface area contributed by atoms with E-state index in [-0.39, 0.29) is 11.9 Å². The Morgan fingerprint density at radius 1 is 0.955 bits per heavy atom. The van der Waals surface area contributed by atoms with Crippen molar-refractivity contribution >= 4 is 31.9 Å². The van der Waals surface area contributed by atoms with E-state index in [1.54, 1.807) is 13.8 Å². The fraction of sp³-hybridized carbons (Fsp3) is 0.294. The lowest BCUT2D eigenvalue weighted by Gasteiger charge is -2.10. The van der Waals surface area contributed by atoms with E-state index in [4.69, 9.17) is 4.18 Å². The first kappa shape index (κ1) is 15.1. The number of aryl methyl sites for hydroxylation is 1. The third kappa shape index (κ3) is 2.87. The van der Waals surface area contributed by atoms with Gasteiger partial charge in [0.15, 0.2) is 0 Å². The summed E-state index contributed by atoms with van der Waals surface area (Å²) in [7, 11) is -3.52. The molecule has 5 heteroatoms. The molecule has 3 rings (SSSR count). The van der Waals surface area contributed by atoms with E-state index in [0.717, 1.165) is 21.8 Å². The Morgan fingerprint density at radius 2 is 1.45 bits per heavy atom. The molecule has 0 amide bonds. The lowest BCUT2D eigenvalue weighted by atomic mass is 10.2. The Morgan fingerprint density at radius 3 is 1.95 bits per heavy atom. The molecule has 1 aromatic heterocycles. The Labute approximate surface area is 130 Å². The molecule has 3 aromatic rings. The van der Waals surface area contributed by atoms with Crippen molar-refractivity contribution in [1.29, 1.82) is 0 Å². The summed E-state index contributed by atoms with van der Waals surface area (Å²) >= 11 is 0. The summed E-state index contributed by atoms with van der Waals surface area (Å²) in [6.07, 6.45) is -0.330. The number of para-hydroxylation sites is 2. The summed E-state index contributed by atoms with van der Waals surface area (Å²) in [6.45, 7) is 3.82. The molecule has 0 aliphatic carbocycles. The van der Waals surface area contributed by atoms with Crippen molar-refractivity contribution in [3.05, 3.63) is 48.5 Å². The molecule has 0 spiro atoms. The fourth-order valence-electron chi connectivity index (χ4n) is 2.79. The minimum Gasteiger partial charge on any atom is -0.339 e. The molecule has 1 heterocycles. The number of hydrogen-bond donors (Lipinski definition) is 0. The Balaban J connectivity index is 2.02. The Bertz CT molecular complexity index is 857. The normalized spacial score (nSPS) is 12.5. The van der Waals surface area contributed by atoms with Gasteiger partial charge in [-0.3, -0.25) is 4.18 Å². The summed E-state index contributed by atoms with van der Waals surface area (Å²) in [6, 6.07) is 16.1. The van der Waals surface area contributed by atoms with E-state index in [0.29, 0.717) is 6.54 Å². The molecule has 4 nitrogen and oxygen atoms in total. The second-order valence-corrected chi connectivity index (χ2v) is 7.31. The van der Waals surface area contributed by atoms with Crippen LogP contribution < -0.4 is 0 Å². The average Bonchev–Trinajstić information content (AvgIpc) is 2.78. The van der Waals surface area contributed by atoms with Crippen LogP contribution in [0.4, 0.5) is 0 Å². The third-order valence-electron chi connectivity index (χ3n) is 3.58. The maximum Gasteiger partial charge on any atom is 0.269 e. The number of nitrogens with zero attached hydrogens (tertiary/aromatic N) is 1. The lowest BCUT2D eigenvalue weighted by molar-refractivity contribution is 0.248. The summed E-state index contributed by atoms with van der Waals surface area (Å²) in [4.78, 5) is 0. The molecule has 116 valence electrons. The van der Waals surface area contributed by atoms with Gasteiger partial charge in [0.25, 0.3) is 10.1 Å². The van der Waals surface area contributed by atoms with Crippen LogP contribution >= 0.6 is 0 Å². The summed E-state index contributed by atoms with van der Waals surface area (Å²) in [5.41, 5.74) is 2.09. The quantitative estimate of drug-likeness (QED) is 0.676. The molecular formula is C17H19NO3S. The first-order chi connectivity index (χ1) is 10.5. The Hall–Kier alpha value is -1.85. The summed E-state index contributed by atoms with van der Waals surface area (Å²) < 4.78 is 31.0. The molecular weight excluding hydrogens is 298 g/mol. The first-order valence-corrected chi connectivity index (χ1v) is 8.92. The predicted octanol–water partition coefficient (Wildman–Crippen LogP) is 3.55. The zero-order valence-corrected chi connectivity index (χ0v) is 13.5. The van der Waals surface area contributed by atoms with Crippen LogP contribution in [0.2, 0.25) is 0 Å². The van der Waals surface area contributed by atoms with E-state index in [9.17, 15) is 8.42 Å². The molecule has 0 bridgehead atoms. The molecule has 0 radical (unpaired) electrons. The molecule has 0 N–H and O–H groups in total. The van der Waals surface area contributed by atoms with Gasteiger partial charge >= 0.3 is 0 Å². The molecule has 0 aliphatic heterocycles. The standard InChI is InChI=1S/C17H19NO3S/c1-13(2)21-22(19,20)12-11-18-16-9-5-3-7-14(16)15-8-4-6-10-17(15)18/h3-10,13H,11-12H2,1-2H3. The number of aromatic nitrogens is 1. The molecule has 0 unspecified atom stereocenters. The van der Waals surface area contributed by atoms with Gasteiger partial charge < -0.3 is 4.57 Å². The van der Waals surface area contributed by atoms with Crippen molar-refractivity contribution in [2.45, 2.75) is 26.5 Å². The molecule has 22 heavy (non-hydrogen) atoms. The van der Waals surface area contributed by atoms with Gasteiger partial charge in [-0.1, -0.05) is 36.4 Å². The fourth-order valence-corrected chi connectivity index (χ4v) is 3.88. The van der Waals surface area contributed by atoms with Crippen LogP contribution in [0.25, 0.3) is 21.8 Å². The van der Waals surface area contributed by atoms with Gasteiger partial charge in [0.05, 0.1) is 11.9 Å². The predicted molar refractivity (Wildman–Crippen MR) is 89.5 cm³/mol. The number of benzene rings is 2. The van der Waals surface area contributed by atoms with Gasteiger partial charge in [0.1, 0.15) is 0 Å². The van der Waals surface area contributed by atoms with Crippen molar-refractivity contribution in [3.63, 3.8) is 0 Å². The molecule has 0 fully saturated rings. The van der Waals surface area contributed by atoms with Crippen molar-refractivity contribution in [3.8, 4) is 0 Å². The van der Waals surface area contributed by atoms with Gasteiger partial charge in [-0.25, -0.2) is 0 Å². The highest BCUT2D eigenvalue weighted by Gasteiger charge is 2.16. The highest BCUT2D eigenvalue weighted by atomic mass is 32.2. The second-order valence-electron chi connectivity index (χ2n) is 5.59. The molecule has 0 saturated heterocycles. The van der Waals surface area contributed by atoms with Gasteiger partial charge in [-0.05, 0) is 26.0 Å². The second kappa shape index (κ2) is 5.74. The van der Waals surface area contributed by atoms with E-state index in [1.165, 1.54) is 0 Å². The van der Waals surface area contributed by atoms with Crippen LogP contribution in [0.1, 0.15) is 13.8 Å². The molecule has 0 saturated carbocycles. The minimum absolute atomic E-state index is 0.0339. The maximum absolute atomic E-state index is 12.0. The molecule has 0 aliphatic rings. The zero-order valence-electron chi connectivity index (χ0n) is 12.7. The summed E-state index contributed by atoms with van der Waals surface area (Å²) in [5, 5.41) is 2.28. The van der Waals surface area contributed by atoms with Crippen LogP contribution in [-0.4, -0.2) is 24.8 Å². The van der Waals surface area contributed by atoms with Crippen LogP contribution in [0.5, 0.6) is 0 Å². The Kier molecular flexibility index (Phi) is 3.93. The van der Waals surface area contributed by atoms with Crippen molar-refractivity contribution < 1.29 is 12.6 Å². The van der Waals surface area contributed by atoms with Crippen molar-refractivity contribution in [2.75, 3.05) is 5.75 Å². The van der Waals surface area contributed by atoms with Crippen LogP contribution in [0, 0.1) is 0 Å². The van der Waals surface area contributed by atoms with Gasteiger partial charge in [-0.2, -0.15) is 8.42 Å². The highest BCUT2D eigenvalue weighted by molar-refractivity contribution is 7.86. The van der Waals surface area contributed by atoms with Crippen LogP contribution in [0.3, 0.4) is 0 Å². The van der Waals surface area contributed by atoms with E-state index >= 15 is 0 Å². The van der Waals surface area contributed by atoms with Gasteiger partial charge in [-0.15, -0.1) is 0 Å². The van der Waals surface area contributed by atoms with Crippen molar-refractivity contribution in [1.82, 2.24) is 4.57 Å². The first-order valence-electron chi connectivity index (χ1n) is 7.35. The summed E-state index contributed by atoms with van der Waals surface area (Å²) in [5.74, 6) is -0.0339. The van der Waals surface area contributed by atoms with Gasteiger partial charge in [0, 0.05) is 28.4 Å². The van der Waals surface area contributed by atoms with E-state index < -0.39 is 10.1 Å². The number of fused-ring (bicyclic) bond motifs is 3. The zero-order chi connectivity index (χ0) is 15.7. The minimum atomic E-state index is -3.52. The van der Waals surface area contributed by atoms with Crippen LogP contribution in [0.15, 0.2) is 48.5 Å². The maximum atomic E-state index is 12.0. The third-order valence-corrected chi connectivity index (χ3v) is 4.94. The number of rotatable bonds is 5.